The highest BCUT2D eigenvalue weighted by Gasteiger charge is 2.49. The summed E-state index contributed by atoms with van der Waals surface area (Å²) in [4.78, 5) is 12.0. The maximum Gasteiger partial charge on any atom is 0.534 e. The predicted molar refractivity (Wildman–Crippen MR) is 84.6 cm³/mol. The second-order valence-electron chi connectivity index (χ2n) is 6.24. The normalized spacial score (nSPS) is 12.9. The van der Waals surface area contributed by atoms with Crippen molar-refractivity contribution in [3.63, 3.8) is 0 Å². The molecule has 136 valence electrons. The van der Waals surface area contributed by atoms with E-state index in [1.807, 2.05) is 0 Å². The Balaban J connectivity index is 2.62. The maximum atomic E-state index is 12.7. The molecule has 0 N–H and O–H groups in total. The van der Waals surface area contributed by atoms with E-state index in [2.05, 4.69) is 4.18 Å². The van der Waals surface area contributed by atoms with Gasteiger partial charge in [-0.1, -0.05) is 30.3 Å². The van der Waals surface area contributed by atoms with Crippen LogP contribution in [0.25, 0.3) is 10.8 Å². The molecule has 0 amide bonds. The third kappa shape index (κ3) is 4.04. The molecule has 0 aliphatic carbocycles. The Kier molecular flexibility index (Phi) is 4.73. The van der Waals surface area contributed by atoms with Crippen LogP contribution >= 0.6 is 0 Å². The molecule has 9 heteroatoms. The Morgan fingerprint density at radius 1 is 1.00 bits per heavy atom. The van der Waals surface area contributed by atoms with E-state index in [4.69, 9.17) is 4.74 Å². The molecule has 0 atom stereocenters. The van der Waals surface area contributed by atoms with Crippen LogP contribution in [0.15, 0.2) is 36.4 Å². The van der Waals surface area contributed by atoms with E-state index in [1.165, 1.54) is 24.3 Å². The summed E-state index contributed by atoms with van der Waals surface area (Å²) in [6, 6.07) is 8.69. The average molecular weight is 376 g/mol. The highest BCUT2D eigenvalue weighted by atomic mass is 32.2. The number of hydrogen-bond donors (Lipinski definition) is 0. The van der Waals surface area contributed by atoms with Gasteiger partial charge in [-0.3, -0.25) is 4.79 Å². The Morgan fingerprint density at radius 3 is 2.16 bits per heavy atom. The SMILES string of the molecule is CC(C)(C)C(=O)Oc1ccc2ccccc2c1OS(=O)(=O)C(F)(F)F. The van der Waals surface area contributed by atoms with Crippen LogP contribution in [-0.4, -0.2) is 19.9 Å². The van der Waals surface area contributed by atoms with Crippen LogP contribution in [0.1, 0.15) is 20.8 Å². The summed E-state index contributed by atoms with van der Waals surface area (Å²) in [5, 5.41) is 0.486. The molecule has 0 fully saturated rings. The van der Waals surface area contributed by atoms with E-state index < -0.39 is 38.5 Å². The van der Waals surface area contributed by atoms with E-state index in [0.29, 0.717) is 5.39 Å². The summed E-state index contributed by atoms with van der Waals surface area (Å²) in [5.41, 5.74) is -6.57. The molecule has 0 spiro atoms. The van der Waals surface area contributed by atoms with Crippen molar-refractivity contribution in [2.75, 3.05) is 0 Å². The molecular formula is C16H15F3O5S. The van der Waals surface area contributed by atoms with Gasteiger partial charge in [0, 0.05) is 5.39 Å². The van der Waals surface area contributed by atoms with Crippen molar-refractivity contribution < 1.29 is 35.3 Å². The van der Waals surface area contributed by atoms with Crippen molar-refractivity contribution in [1.82, 2.24) is 0 Å². The summed E-state index contributed by atoms with van der Waals surface area (Å²) in [6.07, 6.45) is 0. The molecule has 0 heterocycles. The highest BCUT2D eigenvalue weighted by Crippen LogP contribution is 2.39. The van der Waals surface area contributed by atoms with E-state index in [1.54, 1.807) is 32.9 Å². The van der Waals surface area contributed by atoms with Gasteiger partial charge in [-0.25, -0.2) is 0 Å². The third-order valence-electron chi connectivity index (χ3n) is 3.14. The lowest BCUT2D eigenvalue weighted by Crippen LogP contribution is -2.29. The smallest absolute Gasteiger partial charge is 0.422 e. The van der Waals surface area contributed by atoms with Crippen molar-refractivity contribution in [2.45, 2.75) is 26.3 Å². The van der Waals surface area contributed by atoms with Crippen molar-refractivity contribution >= 4 is 26.9 Å². The van der Waals surface area contributed by atoms with Gasteiger partial charge >= 0.3 is 21.6 Å². The number of benzene rings is 2. The Hall–Kier alpha value is -2.29. The molecule has 0 aliphatic rings. The number of ether oxygens (including phenoxy) is 1. The van der Waals surface area contributed by atoms with Crippen LogP contribution in [0.4, 0.5) is 13.2 Å². The maximum absolute atomic E-state index is 12.7. The topological polar surface area (TPSA) is 69.7 Å². The number of fused-ring (bicyclic) bond motifs is 1. The van der Waals surface area contributed by atoms with Gasteiger partial charge in [0.15, 0.2) is 11.5 Å². The molecule has 25 heavy (non-hydrogen) atoms. The highest BCUT2D eigenvalue weighted by molar-refractivity contribution is 7.88. The fraction of sp³-hybridized carbons (Fsp3) is 0.312. The molecule has 0 aromatic heterocycles. The minimum Gasteiger partial charge on any atom is -0.422 e. The van der Waals surface area contributed by atoms with Crippen molar-refractivity contribution in [1.29, 1.82) is 0 Å². The average Bonchev–Trinajstić information content (AvgIpc) is 2.47. The Labute approximate surface area is 142 Å². The number of carbonyl (C=O) groups excluding carboxylic acids is 1. The van der Waals surface area contributed by atoms with Crippen LogP contribution in [0.5, 0.6) is 11.5 Å². The van der Waals surface area contributed by atoms with Gasteiger partial charge in [-0.15, -0.1) is 0 Å². The zero-order valence-corrected chi connectivity index (χ0v) is 14.4. The molecule has 5 nitrogen and oxygen atoms in total. The van der Waals surface area contributed by atoms with E-state index in [9.17, 15) is 26.4 Å². The molecule has 0 bridgehead atoms. The van der Waals surface area contributed by atoms with Gasteiger partial charge in [-0.2, -0.15) is 21.6 Å². The van der Waals surface area contributed by atoms with Crippen LogP contribution in [0.3, 0.4) is 0 Å². The number of halogens is 3. The van der Waals surface area contributed by atoms with Gasteiger partial charge < -0.3 is 8.92 Å². The predicted octanol–water partition coefficient (Wildman–Crippen LogP) is 4.02. The summed E-state index contributed by atoms with van der Waals surface area (Å²) < 4.78 is 70.2. The number of carbonyl (C=O) groups is 1. The molecule has 0 saturated heterocycles. The van der Waals surface area contributed by atoms with Crippen LogP contribution in [-0.2, 0) is 14.9 Å². The first-order valence-electron chi connectivity index (χ1n) is 7.08. The molecule has 0 aliphatic heterocycles. The molecule has 2 rings (SSSR count). The summed E-state index contributed by atoms with van der Waals surface area (Å²) in [7, 11) is -5.93. The molecule has 0 unspecified atom stereocenters. The minimum absolute atomic E-state index is 0.0644. The second kappa shape index (κ2) is 6.21. The number of hydrogen-bond acceptors (Lipinski definition) is 5. The lowest BCUT2D eigenvalue weighted by molar-refractivity contribution is -0.143. The molecule has 0 saturated carbocycles. The quantitative estimate of drug-likeness (QED) is 0.350. The van der Waals surface area contributed by atoms with Gasteiger partial charge in [-0.05, 0) is 32.2 Å². The molecule has 2 aromatic carbocycles. The van der Waals surface area contributed by atoms with Crippen LogP contribution < -0.4 is 8.92 Å². The lowest BCUT2D eigenvalue weighted by atomic mass is 9.97. The zero-order chi connectivity index (χ0) is 19.0. The second-order valence-corrected chi connectivity index (χ2v) is 7.77. The van der Waals surface area contributed by atoms with Crippen LogP contribution in [0, 0.1) is 5.41 Å². The van der Waals surface area contributed by atoms with E-state index in [-0.39, 0.29) is 5.39 Å². The van der Waals surface area contributed by atoms with E-state index in [0.717, 1.165) is 0 Å². The number of esters is 1. The zero-order valence-electron chi connectivity index (χ0n) is 13.5. The number of rotatable bonds is 3. The van der Waals surface area contributed by atoms with E-state index >= 15 is 0 Å². The Bertz CT molecular complexity index is 911. The summed E-state index contributed by atoms with van der Waals surface area (Å²) >= 11 is 0. The first-order chi connectivity index (χ1) is 11.3. The number of alkyl halides is 3. The lowest BCUT2D eigenvalue weighted by Gasteiger charge is -2.19. The molecule has 2 aromatic rings. The monoisotopic (exact) mass is 376 g/mol. The van der Waals surface area contributed by atoms with Gasteiger partial charge in [0.2, 0.25) is 0 Å². The molecular weight excluding hydrogens is 361 g/mol. The first-order valence-corrected chi connectivity index (χ1v) is 8.48. The third-order valence-corrected chi connectivity index (χ3v) is 4.09. The van der Waals surface area contributed by atoms with Crippen LogP contribution in [0.2, 0.25) is 0 Å². The summed E-state index contributed by atoms with van der Waals surface area (Å²) in [6.45, 7) is 4.64. The van der Waals surface area contributed by atoms with Gasteiger partial charge in [0.25, 0.3) is 0 Å². The van der Waals surface area contributed by atoms with Crippen molar-refractivity contribution in [3.05, 3.63) is 36.4 Å². The van der Waals surface area contributed by atoms with Crippen molar-refractivity contribution in [2.24, 2.45) is 5.41 Å². The van der Waals surface area contributed by atoms with Gasteiger partial charge in [0.05, 0.1) is 5.41 Å². The largest absolute Gasteiger partial charge is 0.534 e. The first kappa shape index (κ1) is 19.0. The standard InChI is InChI=1S/C16H15F3O5S/c1-15(2,3)14(20)23-12-9-8-10-6-4-5-7-11(10)13(12)24-25(21,22)16(17,18)19/h4-9H,1-3H3. The fourth-order valence-corrected chi connectivity index (χ4v) is 2.29. The Morgan fingerprint density at radius 2 is 1.60 bits per heavy atom. The molecule has 0 radical (unpaired) electrons. The fourth-order valence-electron chi connectivity index (χ4n) is 1.80. The van der Waals surface area contributed by atoms with Crippen molar-refractivity contribution in [3.8, 4) is 11.5 Å². The minimum atomic E-state index is -5.93. The summed E-state index contributed by atoms with van der Waals surface area (Å²) in [5.74, 6) is -1.85. The van der Waals surface area contributed by atoms with Gasteiger partial charge in [0.1, 0.15) is 0 Å².